The average Bonchev–Trinajstić information content (AvgIpc) is 2.67. The number of aliphatic hydroxyl groups excluding tert-OH is 1. The van der Waals surface area contributed by atoms with Crippen molar-refractivity contribution in [1.29, 1.82) is 0 Å². The Morgan fingerprint density at radius 3 is 2.25 bits per heavy atom. The van der Waals surface area contributed by atoms with Crippen molar-refractivity contribution in [1.82, 2.24) is 4.98 Å². The molecule has 0 aromatic carbocycles. The SMILES string of the molecule is CCC(CC)C(O)c1csc(C(C)(C)C)n1. The zero-order chi connectivity index (χ0) is 12.3. The van der Waals surface area contributed by atoms with Gasteiger partial charge in [0.15, 0.2) is 0 Å². The maximum absolute atomic E-state index is 10.2. The molecule has 0 saturated heterocycles. The van der Waals surface area contributed by atoms with Crippen LogP contribution in [-0.4, -0.2) is 10.1 Å². The predicted octanol–water partition coefficient (Wildman–Crippen LogP) is 3.91. The van der Waals surface area contributed by atoms with E-state index in [0.717, 1.165) is 23.5 Å². The third-order valence-electron chi connectivity index (χ3n) is 2.96. The number of hydrogen-bond acceptors (Lipinski definition) is 3. The molecule has 0 aliphatic heterocycles. The molecule has 0 aliphatic rings. The number of thiazole rings is 1. The average molecular weight is 241 g/mol. The zero-order valence-electron chi connectivity index (χ0n) is 10.9. The lowest BCUT2D eigenvalue weighted by atomic mass is 9.94. The summed E-state index contributed by atoms with van der Waals surface area (Å²) in [6.45, 7) is 10.7. The highest BCUT2D eigenvalue weighted by Crippen LogP contribution is 2.31. The molecule has 0 fully saturated rings. The minimum Gasteiger partial charge on any atom is -0.386 e. The van der Waals surface area contributed by atoms with Crippen LogP contribution in [0, 0.1) is 5.92 Å². The minimum atomic E-state index is -0.401. The molecule has 0 amide bonds. The molecule has 1 aromatic heterocycles. The first-order valence-electron chi connectivity index (χ1n) is 6.04. The van der Waals surface area contributed by atoms with Gasteiger partial charge in [0.1, 0.15) is 0 Å². The van der Waals surface area contributed by atoms with Gasteiger partial charge in [-0.25, -0.2) is 4.98 Å². The first-order valence-corrected chi connectivity index (χ1v) is 6.92. The summed E-state index contributed by atoms with van der Waals surface area (Å²) in [6.07, 6.45) is 1.60. The molecule has 1 aromatic rings. The topological polar surface area (TPSA) is 33.1 Å². The van der Waals surface area contributed by atoms with Gasteiger partial charge >= 0.3 is 0 Å². The molecule has 16 heavy (non-hydrogen) atoms. The van der Waals surface area contributed by atoms with Gasteiger partial charge in [-0.1, -0.05) is 47.5 Å². The fourth-order valence-electron chi connectivity index (χ4n) is 1.74. The van der Waals surface area contributed by atoms with Gasteiger partial charge in [-0.15, -0.1) is 11.3 Å². The molecular formula is C13H23NOS. The van der Waals surface area contributed by atoms with Crippen LogP contribution in [0.4, 0.5) is 0 Å². The molecule has 1 rings (SSSR count). The van der Waals surface area contributed by atoms with Crippen LogP contribution in [0.3, 0.4) is 0 Å². The lowest BCUT2D eigenvalue weighted by molar-refractivity contribution is 0.0995. The molecule has 0 radical (unpaired) electrons. The normalized spacial score (nSPS) is 14.4. The van der Waals surface area contributed by atoms with Crippen LogP contribution in [-0.2, 0) is 5.41 Å². The second kappa shape index (κ2) is 5.28. The minimum absolute atomic E-state index is 0.0799. The molecule has 3 heteroatoms. The van der Waals surface area contributed by atoms with E-state index in [2.05, 4.69) is 39.6 Å². The maximum atomic E-state index is 10.2. The Labute approximate surface area is 103 Å². The van der Waals surface area contributed by atoms with E-state index >= 15 is 0 Å². The van der Waals surface area contributed by atoms with E-state index < -0.39 is 6.10 Å². The van der Waals surface area contributed by atoms with E-state index in [1.807, 2.05) is 5.38 Å². The monoisotopic (exact) mass is 241 g/mol. The van der Waals surface area contributed by atoms with E-state index in [-0.39, 0.29) is 5.41 Å². The van der Waals surface area contributed by atoms with Crippen molar-refractivity contribution in [3.63, 3.8) is 0 Å². The second-order valence-corrected chi connectivity index (χ2v) is 6.21. The zero-order valence-corrected chi connectivity index (χ0v) is 11.8. The Hall–Kier alpha value is -0.410. The molecule has 1 heterocycles. The third-order valence-corrected chi connectivity index (χ3v) is 4.25. The van der Waals surface area contributed by atoms with Gasteiger partial charge in [-0.3, -0.25) is 0 Å². The Morgan fingerprint density at radius 1 is 1.31 bits per heavy atom. The predicted molar refractivity (Wildman–Crippen MR) is 69.8 cm³/mol. The summed E-state index contributed by atoms with van der Waals surface area (Å²) in [7, 11) is 0. The fourth-order valence-corrected chi connectivity index (χ4v) is 2.68. The Bertz CT molecular complexity index is 323. The lowest BCUT2D eigenvalue weighted by Crippen LogP contribution is -2.14. The molecular weight excluding hydrogens is 218 g/mol. The van der Waals surface area contributed by atoms with Crippen molar-refractivity contribution in [2.75, 3.05) is 0 Å². The summed E-state index contributed by atoms with van der Waals surface area (Å²) in [4.78, 5) is 4.57. The summed E-state index contributed by atoms with van der Waals surface area (Å²) in [5.74, 6) is 0.329. The van der Waals surface area contributed by atoms with Gasteiger partial charge in [0.25, 0.3) is 0 Å². The number of aromatic nitrogens is 1. The smallest absolute Gasteiger partial charge is 0.0996 e. The van der Waals surface area contributed by atoms with E-state index in [4.69, 9.17) is 0 Å². The van der Waals surface area contributed by atoms with Crippen LogP contribution in [0.2, 0.25) is 0 Å². The van der Waals surface area contributed by atoms with E-state index in [9.17, 15) is 5.11 Å². The molecule has 0 saturated carbocycles. The van der Waals surface area contributed by atoms with Crippen LogP contribution in [0.15, 0.2) is 5.38 Å². The van der Waals surface area contributed by atoms with Crippen molar-refractivity contribution in [2.24, 2.45) is 5.92 Å². The van der Waals surface area contributed by atoms with Gasteiger partial charge < -0.3 is 5.11 Å². The maximum Gasteiger partial charge on any atom is 0.0996 e. The standard InChI is InChI=1S/C13H23NOS/c1-6-9(7-2)11(15)10-8-16-12(14-10)13(3,4)5/h8-9,11,15H,6-7H2,1-5H3. The molecule has 0 spiro atoms. The van der Waals surface area contributed by atoms with Gasteiger partial charge in [0.05, 0.1) is 16.8 Å². The summed E-state index contributed by atoms with van der Waals surface area (Å²) in [5.41, 5.74) is 0.931. The molecule has 1 N–H and O–H groups in total. The van der Waals surface area contributed by atoms with Crippen molar-refractivity contribution in [3.05, 3.63) is 16.1 Å². The largest absolute Gasteiger partial charge is 0.386 e. The number of hydrogen-bond donors (Lipinski definition) is 1. The molecule has 0 bridgehead atoms. The molecule has 1 atom stereocenters. The lowest BCUT2D eigenvalue weighted by Gasteiger charge is -2.18. The van der Waals surface area contributed by atoms with Gasteiger partial charge in [-0.05, 0) is 5.92 Å². The Balaban J connectivity index is 2.85. The van der Waals surface area contributed by atoms with Crippen molar-refractivity contribution < 1.29 is 5.11 Å². The summed E-state index contributed by atoms with van der Waals surface area (Å²) < 4.78 is 0. The highest BCUT2D eigenvalue weighted by Gasteiger charge is 2.23. The van der Waals surface area contributed by atoms with Crippen molar-refractivity contribution >= 4 is 11.3 Å². The van der Waals surface area contributed by atoms with Crippen LogP contribution in [0.25, 0.3) is 0 Å². The van der Waals surface area contributed by atoms with Crippen molar-refractivity contribution in [2.45, 2.75) is 59.0 Å². The first-order chi connectivity index (χ1) is 7.40. The van der Waals surface area contributed by atoms with E-state index in [1.165, 1.54) is 0 Å². The van der Waals surface area contributed by atoms with E-state index in [1.54, 1.807) is 11.3 Å². The second-order valence-electron chi connectivity index (χ2n) is 5.35. The molecule has 1 unspecified atom stereocenters. The Morgan fingerprint density at radius 2 is 1.88 bits per heavy atom. The highest BCUT2D eigenvalue weighted by molar-refractivity contribution is 7.09. The summed E-state index contributed by atoms with van der Waals surface area (Å²) >= 11 is 1.65. The number of rotatable bonds is 4. The fraction of sp³-hybridized carbons (Fsp3) is 0.769. The molecule has 2 nitrogen and oxygen atoms in total. The van der Waals surface area contributed by atoms with Gasteiger partial charge in [-0.2, -0.15) is 0 Å². The van der Waals surface area contributed by atoms with E-state index in [0.29, 0.717) is 5.92 Å². The van der Waals surface area contributed by atoms with Crippen molar-refractivity contribution in [3.8, 4) is 0 Å². The summed E-state index contributed by atoms with van der Waals surface area (Å²) in [6, 6.07) is 0. The third kappa shape index (κ3) is 3.05. The molecule has 0 aliphatic carbocycles. The number of aliphatic hydroxyl groups is 1. The highest BCUT2D eigenvalue weighted by atomic mass is 32.1. The van der Waals surface area contributed by atoms with Crippen LogP contribution < -0.4 is 0 Å². The van der Waals surface area contributed by atoms with Crippen LogP contribution in [0.5, 0.6) is 0 Å². The van der Waals surface area contributed by atoms with Crippen LogP contribution >= 0.6 is 11.3 Å². The van der Waals surface area contributed by atoms with Crippen LogP contribution in [0.1, 0.15) is 64.3 Å². The van der Waals surface area contributed by atoms with Gasteiger partial charge in [0.2, 0.25) is 0 Å². The quantitative estimate of drug-likeness (QED) is 0.867. The molecule has 92 valence electrons. The first kappa shape index (κ1) is 13.7. The number of nitrogens with zero attached hydrogens (tertiary/aromatic N) is 1. The Kier molecular flexibility index (Phi) is 4.51. The summed E-state index contributed by atoms with van der Waals surface area (Å²) in [5, 5.41) is 13.3. The van der Waals surface area contributed by atoms with Gasteiger partial charge in [0, 0.05) is 10.8 Å².